The SMILES string of the molecule is COc1ccccc1/C=C(\NC(=O)c1ccccc1)C(=O)Nc1ccc(SC(C)C(=O)Nc2ccccc2C)cc1. The number of rotatable bonds is 10. The molecule has 0 bridgehead atoms. The fraction of sp³-hybridized carbons (Fsp3) is 0.121. The molecule has 0 aliphatic carbocycles. The monoisotopic (exact) mass is 565 g/mol. The van der Waals surface area contributed by atoms with Gasteiger partial charge in [0.2, 0.25) is 5.91 Å². The highest BCUT2D eigenvalue weighted by atomic mass is 32.2. The zero-order chi connectivity index (χ0) is 29.2. The van der Waals surface area contributed by atoms with Gasteiger partial charge in [0.15, 0.2) is 0 Å². The Morgan fingerprint density at radius 2 is 1.46 bits per heavy atom. The van der Waals surface area contributed by atoms with Gasteiger partial charge >= 0.3 is 0 Å². The van der Waals surface area contributed by atoms with E-state index in [0.717, 1.165) is 16.1 Å². The average Bonchev–Trinajstić information content (AvgIpc) is 2.99. The summed E-state index contributed by atoms with van der Waals surface area (Å²) in [5.74, 6) is -0.436. The van der Waals surface area contributed by atoms with Crippen LogP contribution < -0.4 is 20.7 Å². The third kappa shape index (κ3) is 8.09. The standard InChI is InChI=1S/C33H31N3O4S/c1-22-11-7-9-15-28(22)35-31(37)23(2)41-27-19-17-26(18-20-27)34-33(39)29(21-25-14-8-10-16-30(25)40-3)36-32(38)24-12-5-4-6-13-24/h4-21,23H,1-3H3,(H,34,39)(H,35,37)(H,36,38)/b29-21-. The third-order valence-electron chi connectivity index (χ3n) is 6.16. The van der Waals surface area contributed by atoms with Gasteiger partial charge in [-0.25, -0.2) is 0 Å². The van der Waals surface area contributed by atoms with Crippen molar-refractivity contribution >= 4 is 46.9 Å². The van der Waals surface area contributed by atoms with Crippen molar-refractivity contribution in [2.75, 3.05) is 17.7 Å². The number of carbonyl (C=O) groups is 3. The summed E-state index contributed by atoms with van der Waals surface area (Å²) in [5.41, 5.74) is 3.45. The first-order valence-electron chi connectivity index (χ1n) is 13.0. The number of amides is 3. The maximum absolute atomic E-state index is 13.3. The molecule has 7 nitrogen and oxygen atoms in total. The van der Waals surface area contributed by atoms with Gasteiger partial charge in [-0.3, -0.25) is 14.4 Å². The van der Waals surface area contributed by atoms with Gasteiger partial charge in [-0.1, -0.05) is 54.6 Å². The Morgan fingerprint density at radius 3 is 2.17 bits per heavy atom. The van der Waals surface area contributed by atoms with E-state index in [4.69, 9.17) is 4.74 Å². The molecule has 0 heterocycles. The molecule has 3 N–H and O–H groups in total. The molecule has 208 valence electrons. The minimum atomic E-state index is -0.494. The molecule has 0 aliphatic heterocycles. The van der Waals surface area contributed by atoms with E-state index in [1.54, 1.807) is 61.7 Å². The average molecular weight is 566 g/mol. The van der Waals surface area contributed by atoms with Gasteiger partial charge in [-0.2, -0.15) is 0 Å². The zero-order valence-electron chi connectivity index (χ0n) is 23.0. The molecule has 0 spiro atoms. The zero-order valence-corrected chi connectivity index (χ0v) is 23.8. The number of aryl methyl sites for hydroxylation is 1. The van der Waals surface area contributed by atoms with Crippen molar-refractivity contribution in [3.05, 3.63) is 126 Å². The van der Waals surface area contributed by atoms with Gasteiger partial charge in [-0.05, 0) is 74.0 Å². The van der Waals surface area contributed by atoms with Crippen LogP contribution in [0.3, 0.4) is 0 Å². The van der Waals surface area contributed by atoms with Crippen molar-refractivity contribution < 1.29 is 19.1 Å². The van der Waals surface area contributed by atoms with Crippen molar-refractivity contribution in [1.29, 1.82) is 0 Å². The van der Waals surface area contributed by atoms with E-state index in [-0.39, 0.29) is 16.9 Å². The molecule has 4 rings (SSSR count). The van der Waals surface area contributed by atoms with Gasteiger partial charge in [0, 0.05) is 27.4 Å². The molecule has 1 atom stereocenters. The Balaban J connectivity index is 1.46. The van der Waals surface area contributed by atoms with Crippen molar-refractivity contribution in [3.63, 3.8) is 0 Å². The van der Waals surface area contributed by atoms with Crippen LogP contribution >= 0.6 is 11.8 Å². The predicted molar refractivity (Wildman–Crippen MR) is 165 cm³/mol. The maximum Gasteiger partial charge on any atom is 0.272 e. The predicted octanol–water partition coefficient (Wildman–Crippen LogP) is 6.53. The molecule has 3 amide bonds. The maximum atomic E-state index is 13.3. The second-order valence-electron chi connectivity index (χ2n) is 9.16. The molecule has 0 saturated heterocycles. The lowest BCUT2D eigenvalue weighted by Crippen LogP contribution is -2.30. The smallest absolute Gasteiger partial charge is 0.272 e. The van der Waals surface area contributed by atoms with E-state index in [1.807, 2.05) is 68.4 Å². The first-order chi connectivity index (χ1) is 19.8. The van der Waals surface area contributed by atoms with E-state index >= 15 is 0 Å². The lowest BCUT2D eigenvalue weighted by atomic mass is 10.1. The first-order valence-corrected chi connectivity index (χ1v) is 13.9. The van der Waals surface area contributed by atoms with Crippen molar-refractivity contribution in [3.8, 4) is 5.75 Å². The second kappa shape index (κ2) is 14.0. The highest BCUT2D eigenvalue weighted by Gasteiger charge is 2.18. The number of para-hydroxylation sites is 2. The molecule has 0 radical (unpaired) electrons. The van der Waals surface area contributed by atoms with E-state index in [0.29, 0.717) is 22.6 Å². The number of ether oxygens (including phenoxy) is 1. The highest BCUT2D eigenvalue weighted by molar-refractivity contribution is 8.00. The van der Waals surface area contributed by atoms with Crippen LogP contribution in [-0.4, -0.2) is 30.1 Å². The van der Waals surface area contributed by atoms with Crippen LogP contribution in [0.4, 0.5) is 11.4 Å². The number of hydrogen-bond donors (Lipinski definition) is 3. The summed E-state index contributed by atoms with van der Waals surface area (Å²) in [6.45, 7) is 3.79. The molecule has 4 aromatic rings. The molecule has 0 fully saturated rings. The molecule has 41 heavy (non-hydrogen) atoms. The number of carbonyl (C=O) groups excluding carboxylic acids is 3. The van der Waals surface area contributed by atoms with E-state index in [1.165, 1.54) is 11.8 Å². The van der Waals surface area contributed by atoms with Crippen LogP contribution in [0.1, 0.15) is 28.4 Å². The number of thioether (sulfide) groups is 1. The molecule has 0 aliphatic rings. The summed E-state index contributed by atoms with van der Waals surface area (Å²) in [7, 11) is 1.54. The first kappa shape index (κ1) is 29.2. The van der Waals surface area contributed by atoms with Gasteiger partial charge in [0.1, 0.15) is 11.4 Å². The number of anilines is 2. The fourth-order valence-corrected chi connectivity index (χ4v) is 4.77. The van der Waals surface area contributed by atoms with Crippen LogP contribution in [0, 0.1) is 6.92 Å². The topological polar surface area (TPSA) is 96.5 Å². The molecular formula is C33H31N3O4S. The fourth-order valence-electron chi connectivity index (χ4n) is 3.90. The Hall–Kier alpha value is -4.82. The summed E-state index contributed by atoms with van der Waals surface area (Å²) in [6, 6.07) is 30.7. The lowest BCUT2D eigenvalue weighted by Gasteiger charge is -2.14. The van der Waals surface area contributed by atoms with Crippen LogP contribution in [-0.2, 0) is 9.59 Å². The minimum absolute atomic E-state index is 0.0586. The second-order valence-corrected chi connectivity index (χ2v) is 10.6. The van der Waals surface area contributed by atoms with Crippen LogP contribution in [0.25, 0.3) is 6.08 Å². The van der Waals surface area contributed by atoms with Gasteiger partial charge in [-0.15, -0.1) is 11.8 Å². The summed E-state index contributed by atoms with van der Waals surface area (Å²) in [6.07, 6.45) is 1.58. The summed E-state index contributed by atoms with van der Waals surface area (Å²) < 4.78 is 5.41. The molecule has 0 aromatic heterocycles. The Morgan fingerprint density at radius 1 is 0.805 bits per heavy atom. The van der Waals surface area contributed by atoms with E-state index < -0.39 is 11.8 Å². The summed E-state index contributed by atoms with van der Waals surface area (Å²) >= 11 is 1.42. The van der Waals surface area contributed by atoms with Crippen molar-refractivity contribution in [2.24, 2.45) is 0 Å². The third-order valence-corrected chi connectivity index (χ3v) is 7.28. The molecular weight excluding hydrogens is 534 g/mol. The van der Waals surface area contributed by atoms with Crippen LogP contribution in [0.5, 0.6) is 5.75 Å². The van der Waals surface area contributed by atoms with Crippen LogP contribution in [0.15, 0.2) is 114 Å². The summed E-state index contributed by atoms with van der Waals surface area (Å²) in [4.78, 5) is 39.8. The number of benzene rings is 4. The summed E-state index contributed by atoms with van der Waals surface area (Å²) in [5, 5.41) is 8.21. The molecule has 4 aromatic carbocycles. The number of hydrogen-bond acceptors (Lipinski definition) is 5. The van der Waals surface area contributed by atoms with Gasteiger partial charge < -0.3 is 20.7 Å². The highest BCUT2D eigenvalue weighted by Crippen LogP contribution is 2.27. The Labute approximate surface area is 244 Å². The normalized spacial score (nSPS) is 11.7. The Bertz CT molecular complexity index is 1550. The number of methoxy groups -OCH3 is 1. The van der Waals surface area contributed by atoms with Crippen LogP contribution in [0.2, 0.25) is 0 Å². The molecule has 0 saturated carbocycles. The molecule has 8 heteroatoms. The largest absolute Gasteiger partial charge is 0.496 e. The van der Waals surface area contributed by atoms with Gasteiger partial charge in [0.25, 0.3) is 11.8 Å². The van der Waals surface area contributed by atoms with E-state index in [9.17, 15) is 14.4 Å². The quantitative estimate of drug-likeness (QED) is 0.150. The van der Waals surface area contributed by atoms with Crippen molar-refractivity contribution in [1.82, 2.24) is 5.32 Å². The van der Waals surface area contributed by atoms with Crippen molar-refractivity contribution in [2.45, 2.75) is 24.0 Å². The Kier molecular flexibility index (Phi) is 9.96. The molecule has 1 unspecified atom stereocenters. The van der Waals surface area contributed by atoms with Gasteiger partial charge in [0.05, 0.1) is 12.4 Å². The number of nitrogens with one attached hydrogen (secondary N) is 3. The lowest BCUT2D eigenvalue weighted by molar-refractivity contribution is -0.115. The minimum Gasteiger partial charge on any atom is -0.496 e. The van der Waals surface area contributed by atoms with E-state index in [2.05, 4.69) is 16.0 Å².